The average Bonchev–Trinajstić information content (AvgIpc) is 3.31. The Hall–Kier alpha value is -2.60. The van der Waals surface area contributed by atoms with E-state index >= 15 is 0 Å². The summed E-state index contributed by atoms with van der Waals surface area (Å²) in [4.78, 5) is 22.4. The molecular formula is C33H35BrClN3O. The van der Waals surface area contributed by atoms with Crippen molar-refractivity contribution in [3.63, 3.8) is 0 Å². The van der Waals surface area contributed by atoms with Crippen LogP contribution in [-0.4, -0.2) is 41.3 Å². The van der Waals surface area contributed by atoms with Crippen molar-refractivity contribution in [2.45, 2.75) is 50.1 Å². The summed E-state index contributed by atoms with van der Waals surface area (Å²) < 4.78 is 1.01. The first-order chi connectivity index (χ1) is 18.9. The lowest BCUT2D eigenvalue weighted by Gasteiger charge is -2.52. The zero-order valence-corrected chi connectivity index (χ0v) is 24.9. The fourth-order valence-corrected chi connectivity index (χ4v) is 7.89. The Balaban J connectivity index is 1.35. The van der Waals surface area contributed by atoms with Gasteiger partial charge in [0, 0.05) is 38.7 Å². The molecule has 1 unspecified atom stereocenters. The molecule has 0 saturated heterocycles. The predicted octanol–water partition coefficient (Wildman–Crippen LogP) is 7.90. The summed E-state index contributed by atoms with van der Waals surface area (Å²) in [6.07, 6.45) is 5.34. The van der Waals surface area contributed by atoms with Crippen molar-refractivity contribution in [1.29, 1.82) is 0 Å². The van der Waals surface area contributed by atoms with E-state index in [2.05, 4.69) is 93.3 Å². The number of aromatic nitrogens is 1. The van der Waals surface area contributed by atoms with Crippen molar-refractivity contribution >= 4 is 44.3 Å². The van der Waals surface area contributed by atoms with Crippen molar-refractivity contribution in [3.8, 4) is 0 Å². The summed E-state index contributed by atoms with van der Waals surface area (Å²) in [5.41, 5.74) is 5.90. The number of halogens is 2. The normalized spacial score (nSPS) is 21.9. The molecule has 202 valence electrons. The third-order valence-corrected chi connectivity index (χ3v) is 9.74. The van der Waals surface area contributed by atoms with Gasteiger partial charge in [0.15, 0.2) is 0 Å². The van der Waals surface area contributed by atoms with E-state index in [0.717, 1.165) is 53.7 Å². The van der Waals surface area contributed by atoms with E-state index < -0.39 is 0 Å². The van der Waals surface area contributed by atoms with Gasteiger partial charge in [-0.25, -0.2) is 0 Å². The Labute approximate surface area is 244 Å². The second-order valence-electron chi connectivity index (χ2n) is 11.5. The number of hydrogen-bond acceptors (Lipinski definition) is 2. The van der Waals surface area contributed by atoms with Gasteiger partial charge in [0.05, 0.1) is 12.0 Å². The first-order valence-electron chi connectivity index (χ1n) is 13.9. The maximum absolute atomic E-state index is 14.0. The largest absolute Gasteiger partial charge is 0.356 e. The number of H-pyrrole nitrogens is 1. The van der Waals surface area contributed by atoms with Gasteiger partial charge in [0.2, 0.25) is 5.91 Å². The van der Waals surface area contributed by atoms with Crippen molar-refractivity contribution in [1.82, 2.24) is 14.8 Å². The molecule has 1 fully saturated rings. The lowest BCUT2D eigenvalue weighted by atomic mass is 9.68. The second-order valence-corrected chi connectivity index (χ2v) is 12.8. The molecule has 1 N–H and O–H groups in total. The third-order valence-electron chi connectivity index (χ3n) is 9.00. The van der Waals surface area contributed by atoms with Crippen molar-refractivity contribution in [2.24, 2.45) is 5.92 Å². The molecule has 1 atom stereocenters. The van der Waals surface area contributed by atoms with Crippen LogP contribution in [0.1, 0.15) is 54.1 Å². The molecule has 2 heterocycles. The lowest BCUT2D eigenvalue weighted by molar-refractivity contribution is -0.141. The number of para-hydroxylation sites is 1. The molecule has 3 aromatic carbocycles. The van der Waals surface area contributed by atoms with Gasteiger partial charge in [-0.2, -0.15) is 0 Å². The number of carbonyl (C=O) groups excluding carboxylic acids is 1. The fourth-order valence-electron chi connectivity index (χ4n) is 7.32. The zero-order chi connectivity index (χ0) is 27.1. The summed E-state index contributed by atoms with van der Waals surface area (Å²) in [5.74, 6) is 0.723. The molecule has 0 bridgehead atoms. The highest BCUT2D eigenvalue weighted by atomic mass is 79.9. The predicted molar refractivity (Wildman–Crippen MR) is 163 cm³/mol. The number of aromatic amines is 1. The number of benzene rings is 3. The quantitative estimate of drug-likeness (QED) is 0.252. The summed E-state index contributed by atoms with van der Waals surface area (Å²) in [7, 11) is 4.35. The highest BCUT2D eigenvalue weighted by Gasteiger charge is 2.49. The Kier molecular flexibility index (Phi) is 7.34. The van der Waals surface area contributed by atoms with E-state index in [1.165, 1.54) is 27.7 Å². The number of hydrogen-bond donors (Lipinski definition) is 1. The summed E-state index contributed by atoms with van der Waals surface area (Å²) >= 11 is 9.79. The van der Waals surface area contributed by atoms with Crippen molar-refractivity contribution < 1.29 is 4.79 Å². The number of carbonyl (C=O) groups is 1. The van der Waals surface area contributed by atoms with Gasteiger partial charge in [0.25, 0.3) is 0 Å². The van der Waals surface area contributed by atoms with Crippen molar-refractivity contribution in [2.75, 3.05) is 20.6 Å². The number of nitrogens with one attached hydrogen (secondary N) is 1. The van der Waals surface area contributed by atoms with Gasteiger partial charge in [-0.3, -0.25) is 4.79 Å². The minimum atomic E-state index is -0.303. The minimum Gasteiger partial charge on any atom is -0.356 e. The van der Waals surface area contributed by atoms with Crippen LogP contribution in [0.4, 0.5) is 0 Å². The van der Waals surface area contributed by atoms with Crippen LogP contribution in [0.25, 0.3) is 10.9 Å². The lowest BCUT2D eigenvalue weighted by Crippen LogP contribution is -2.56. The molecule has 4 aromatic rings. The molecule has 1 aliphatic heterocycles. The van der Waals surface area contributed by atoms with E-state index in [4.69, 9.17) is 11.6 Å². The monoisotopic (exact) mass is 603 g/mol. The maximum Gasteiger partial charge on any atom is 0.227 e. The molecule has 1 amide bonds. The van der Waals surface area contributed by atoms with E-state index in [1.54, 1.807) is 0 Å². The number of amides is 1. The molecule has 1 saturated carbocycles. The summed E-state index contributed by atoms with van der Waals surface area (Å²) in [6, 6.07) is 25.4. The average molecular weight is 605 g/mol. The van der Waals surface area contributed by atoms with Crippen LogP contribution in [0.5, 0.6) is 0 Å². The molecule has 6 heteroatoms. The van der Waals surface area contributed by atoms with Gasteiger partial charge in [0.1, 0.15) is 0 Å². The van der Waals surface area contributed by atoms with E-state index in [1.807, 2.05) is 24.3 Å². The molecule has 6 rings (SSSR count). The zero-order valence-electron chi connectivity index (χ0n) is 22.6. The van der Waals surface area contributed by atoms with Crippen LogP contribution in [0.15, 0.2) is 77.3 Å². The minimum absolute atomic E-state index is 0.220. The molecular weight excluding hydrogens is 570 g/mol. The molecule has 4 nitrogen and oxygen atoms in total. The van der Waals surface area contributed by atoms with Gasteiger partial charge in [-0.15, -0.1) is 0 Å². The number of nitrogens with zero attached hydrogens (tertiary/aromatic N) is 2. The van der Waals surface area contributed by atoms with Gasteiger partial charge in [-0.1, -0.05) is 70.0 Å². The second kappa shape index (κ2) is 10.8. The van der Waals surface area contributed by atoms with Gasteiger partial charge in [-0.05, 0) is 99.1 Å². The summed E-state index contributed by atoms with van der Waals surface area (Å²) in [5, 5.41) is 2.08. The van der Waals surface area contributed by atoms with Crippen LogP contribution in [0.2, 0.25) is 5.02 Å². The molecule has 1 aliphatic carbocycles. The highest BCUT2D eigenvalue weighted by Crippen LogP contribution is 2.51. The molecule has 1 aromatic heterocycles. The van der Waals surface area contributed by atoms with E-state index in [0.29, 0.717) is 18.4 Å². The van der Waals surface area contributed by atoms with Crippen LogP contribution in [0, 0.1) is 5.92 Å². The van der Waals surface area contributed by atoms with Gasteiger partial charge < -0.3 is 14.8 Å². The molecule has 0 radical (unpaired) electrons. The molecule has 39 heavy (non-hydrogen) atoms. The Morgan fingerprint density at radius 3 is 2.54 bits per heavy atom. The smallest absolute Gasteiger partial charge is 0.227 e. The van der Waals surface area contributed by atoms with Gasteiger partial charge >= 0.3 is 0 Å². The summed E-state index contributed by atoms with van der Waals surface area (Å²) in [6.45, 7) is 0.765. The van der Waals surface area contributed by atoms with E-state index in [9.17, 15) is 4.79 Å². The van der Waals surface area contributed by atoms with Crippen LogP contribution >= 0.6 is 27.5 Å². The third kappa shape index (κ3) is 4.94. The maximum atomic E-state index is 14.0. The fraction of sp³-hybridized carbons (Fsp3) is 0.364. The van der Waals surface area contributed by atoms with Crippen LogP contribution in [0.3, 0.4) is 0 Å². The first kappa shape index (κ1) is 26.6. The molecule has 2 aliphatic rings. The van der Waals surface area contributed by atoms with E-state index in [-0.39, 0.29) is 11.4 Å². The Morgan fingerprint density at radius 1 is 1.08 bits per heavy atom. The van der Waals surface area contributed by atoms with Crippen LogP contribution < -0.4 is 0 Å². The Morgan fingerprint density at radius 2 is 1.82 bits per heavy atom. The standard InChI is InChI=1S/C33H35BrClN3O/c1-37(2)31(23-10-12-26(35)13-11-23)24-14-17-33(18-15-24)32-28(27-8-3-4-9-29(27)36-32)16-19-38(33)30(39)21-22-6-5-7-25(34)20-22/h3-13,20,24,31,36H,14-19,21H2,1-2H3. The molecule has 1 spiro atoms. The van der Waals surface area contributed by atoms with Crippen LogP contribution in [-0.2, 0) is 23.2 Å². The van der Waals surface area contributed by atoms with Crippen molar-refractivity contribution in [3.05, 3.63) is 105 Å². The topological polar surface area (TPSA) is 39.3 Å². The SMILES string of the molecule is CN(C)C(c1ccc(Cl)cc1)C1CCC2(CC1)c1[nH]c3ccccc3c1CCN2C(=O)Cc1cccc(Br)c1. The number of rotatable bonds is 5. The Bertz CT molecular complexity index is 1490. The number of fused-ring (bicyclic) bond motifs is 4. The highest BCUT2D eigenvalue weighted by molar-refractivity contribution is 9.10. The first-order valence-corrected chi connectivity index (χ1v) is 15.1.